The molecule has 0 aliphatic carbocycles. The molecular formula is C19H19N5O3S. The summed E-state index contributed by atoms with van der Waals surface area (Å²) < 4.78 is 1.42. The van der Waals surface area contributed by atoms with Crippen LogP contribution in [-0.2, 0) is 4.79 Å². The molecule has 0 aliphatic rings. The smallest absolute Gasteiger partial charge is 0.321 e. The lowest BCUT2D eigenvalue weighted by Crippen LogP contribution is -2.40. The van der Waals surface area contributed by atoms with Gasteiger partial charge in [-0.2, -0.15) is 0 Å². The molecule has 0 saturated carbocycles. The Morgan fingerprint density at radius 3 is 2.75 bits per heavy atom. The number of hydrogen-bond acceptors (Lipinski definition) is 6. The number of aromatic nitrogens is 3. The lowest BCUT2D eigenvalue weighted by molar-refractivity contribution is -0.117. The van der Waals surface area contributed by atoms with Crippen LogP contribution in [0.4, 0.5) is 4.79 Å². The number of carbonyl (C=O) groups excluding carboxylic acids is 2. The fourth-order valence-electron chi connectivity index (χ4n) is 2.50. The molecule has 0 unspecified atom stereocenters. The second kappa shape index (κ2) is 9.14. The Balaban J connectivity index is 1.89. The predicted octanol–water partition coefficient (Wildman–Crippen LogP) is 2.11. The third kappa shape index (κ3) is 4.55. The van der Waals surface area contributed by atoms with Gasteiger partial charge in [0, 0.05) is 12.7 Å². The van der Waals surface area contributed by atoms with E-state index in [-0.39, 0.29) is 11.3 Å². The van der Waals surface area contributed by atoms with Crippen LogP contribution in [0.25, 0.3) is 16.6 Å². The number of para-hydroxylation sites is 1. The van der Waals surface area contributed by atoms with Crippen molar-refractivity contribution in [3.8, 4) is 5.69 Å². The maximum absolute atomic E-state index is 13.0. The summed E-state index contributed by atoms with van der Waals surface area (Å²) >= 11 is 1.08. The van der Waals surface area contributed by atoms with E-state index in [0.717, 1.165) is 18.2 Å². The number of carbonyl (C=O) groups is 2. The molecule has 2 N–H and O–H groups in total. The van der Waals surface area contributed by atoms with Crippen LogP contribution in [0.15, 0.2) is 58.7 Å². The van der Waals surface area contributed by atoms with Crippen LogP contribution in [0.2, 0.25) is 0 Å². The summed E-state index contributed by atoms with van der Waals surface area (Å²) in [5, 5.41) is 5.65. The zero-order valence-corrected chi connectivity index (χ0v) is 16.0. The Kier molecular flexibility index (Phi) is 6.38. The molecule has 144 valence electrons. The van der Waals surface area contributed by atoms with Crippen molar-refractivity contribution in [2.24, 2.45) is 0 Å². The van der Waals surface area contributed by atoms with E-state index >= 15 is 0 Å². The first-order valence-electron chi connectivity index (χ1n) is 8.73. The monoisotopic (exact) mass is 397 g/mol. The summed E-state index contributed by atoms with van der Waals surface area (Å²) in [6, 6.07) is 9.94. The number of nitrogens with zero attached hydrogens (tertiary/aromatic N) is 3. The number of fused-ring (bicyclic) bond motifs is 1. The maximum Gasteiger partial charge on any atom is 0.321 e. The van der Waals surface area contributed by atoms with E-state index in [2.05, 4.69) is 20.6 Å². The third-order valence-electron chi connectivity index (χ3n) is 3.77. The fraction of sp³-hybridized carbons (Fsp3) is 0.211. The normalized spacial score (nSPS) is 10.6. The highest BCUT2D eigenvalue weighted by molar-refractivity contribution is 7.99. The molecule has 9 heteroatoms. The second-order valence-electron chi connectivity index (χ2n) is 5.86. The Labute approximate surface area is 165 Å². The maximum atomic E-state index is 13.0. The van der Waals surface area contributed by atoms with E-state index in [9.17, 15) is 14.4 Å². The summed E-state index contributed by atoms with van der Waals surface area (Å²) in [5.74, 6) is -0.538. The summed E-state index contributed by atoms with van der Waals surface area (Å²) in [4.78, 5) is 45.3. The Morgan fingerprint density at radius 2 is 2.00 bits per heavy atom. The molecule has 0 atom stereocenters. The van der Waals surface area contributed by atoms with Gasteiger partial charge in [-0.3, -0.25) is 24.5 Å². The molecule has 28 heavy (non-hydrogen) atoms. The lowest BCUT2D eigenvalue weighted by atomic mass is 10.2. The van der Waals surface area contributed by atoms with Crippen molar-refractivity contribution in [3.05, 3.63) is 59.1 Å². The molecule has 0 spiro atoms. The first-order chi connectivity index (χ1) is 13.6. The fourth-order valence-corrected chi connectivity index (χ4v) is 3.31. The highest BCUT2D eigenvalue weighted by atomic mass is 32.2. The molecule has 0 bridgehead atoms. The van der Waals surface area contributed by atoms with Crippen molar-refractivity contribution in [3.63, 3.8) is 0 Å². The predicted molar refractivity (Wildman–Crippen MR) is 108 cm³/mol. The first kappa shape index (κ1) is 19.6. The van der Waals surface area contributed by atoms with Gasteiger partial charge in [0.1, 0.15) is 0 Å². The molecule has 0 fully saturated rings. The van der Waals surface area contributed by atoms with Crippen LogP contribution in [0, 0.1) is 0 Å². The van der Waals surface area contributed by atoms with Gasteiger partial charge in [0.05, 0.1) is 28.5 Å². The minimum Gasteiger partial charge on any atom is -0.338 e. The van der Waals surface area contributed by atoms with Gasteiger partial charge >= 0.3 is 6.03 Å². The summed E-state index contributed by atoms with van der Waals surface area (Å²) in [6.45, 7) is 2.40. The Bertz CT molecular complexity index is 1050. The van der Waals surface area contributed by atoms with E-state index in [4.69, 9.17) is 0 Å². The molecule has 2 aromatic heterocycles. The van der Waals surface area contributed by atoms with Gasteiger partial charge in [0.25, 0.3) is 5.56 Å². The van der Waals surface area contributed by atoms with Crippen LogP contribution in [-0.4, -0.2) is 38.8 Å². The third-order valence-corrected chi connectivity index (χ3v) is 4.71. The summed E-state index contributed by atoms with van der Waals surface area (Å²) in [6.07, 6.45) is 3.94. The van der Waals surface area contributed by atoms with Crippen LogP contribution >= 0.6 is 11.8 Å². The summed E-state index contributed by atoms with van der Waals surface area (Å²) in [5.41, 5.74) is 0.841. The van der Waals surface area contributed by atoms with E-state index < -0.39 is 11.9 Å². The molecule has 1 aromatic carbocycles. The van der Waals surface area contributed by atoms with E-state index in [1.165, 1.54) is 4.57 Å². The van der Waals surface area contributed by atoms with Crippen LogP contribution in [0.3, 0.4) is 0 Å². The van der Waals surface area contributed by atoms with Crippen LogP contribution < -0.4 is 16.2 Å². The van der Waals surface area contributed by atoms with Gasteiger partial charge in [-0.1, -0.05) is 30.8 Å². The first-order valence-corrected chi connectivity index (χ1v) is 9.71. The molecule has 0 saturated heterocycles. The molecule has 3 rings (SSSR count). The highest BCUT2D eigenvalue weighted by Crippen LogP contribution is 2.20. The van der Waals surface area contributed by atoms with Gasteiger partial charge in [-0.05, 0) is 30.7 Å². The SMILES string of the molecule is CCCNC(=O)NC(=O)CSc1nc2ccccc2c(=O)n1-c1cccnc1. The average Bonchev–Trinajstić information content (AvgIpc) is 2.71. The zero-order valence-electron chi connectivity index (χ0n) is 15.2. The Morgan fingerprint density at radius 1 is 1.18 bits per heavy atom. The number of amides is 3. The number of thioether (sulfide) groups is 1. The van der Waals surface area contributed by atoms with Crippen LogP contribution in [0.1, 0.15) is 13.3 Å². The second-order valence-corrected chi connectivity index (χ2v) is 6.80. The van der Waals surface area contributed by atoms with Gasteiger partial charge in [0.15, 0.2) is 5.16 Å². The molecule has 3 aromatic rings. The number of rotatable bonds is 6. The standard InChI is InChI=1S/C19H19N5O3S/c1-2-9-21-18(27)23-16(25)12-28-19-22-15-8-4-3-7-14(15)17(26)24(19)13-6-5-10-20-11-13/h3-8,10-11H,2,9,12H2,1H3,(H2,21,23,25,27). The van der Waals surface area contributed by atoms with Crippen molar-refractivity contribution in [2.45, 2.75) is 18.5 Å². The number of urea groups is 1. The quantitative estimate of drug-likeness (QED) is 0.487. The molecule has 8 nitrogen and oxygen atoms in total. The number of nitrogens with one attached hydrogen (secondary N) is 2. The lowest BCUT2D eigenvalue weighted by Gasteiger charge is -2.12. The van der Waals surface area contributed by atoms with Crippen molar-refractivity contribution >= 4 is 34.6 Å². The van der Waals surface area contributed by atoms with Crippen LogP contribution in [0.5, 0.6) is 0 Å². The van der Waals surface area contributed by atoms with Gasteiger partial charge < -0.3 is 5.32 Å². The minimum absolute atomic E-state index is 0.0649. The topological polar surface area (TPSA) is 106 Å². The molecule has 3 amide bonds. The van der Waals surface area contributed by atoms with Crippen molar-refractivity contribution < 1.29 is 9.59 Å². The van der Waals surface area contributed by atoms with Gasteiger partial charge in [0.2, 0.25) is 5.91 Å². The number of pyridine rings is 1. The van der Waals surface area contributed by atoms with Gasteiger partial charge in [-0.15, -0.1) is 0 Å². The number of benzene rings is 1. The highest BCUT2D eigenvalue weighted by Gasteiger charge is 2.15. The zero-order chi connectivity index (χ0) is 19.9. The van der Waals surface area contributed by atoms with Gasteiger partial charge in [-0.25, -0.2) is 9.78 Å². The minimum atomic E-state index is -0.538. The van der Waals surface area contributed by atoms with Crippen molar-refractivity contribution in [2.75, 3.05) is 12.3 Å². The largest absolute Gasteiger partial charge is 0.338 e. The van der Waals surface area contributed by atoms with Crippen molar-refractivity contribution in [1.29, 1.82) is 0 Å². The van der Waals surface area contributed by atoms with Crippen molar-refractivity contribution in [1.82, 2.24) is 25.2 Å². The van der Waals surface area contributed by atoms with E-state index in [1.54, 1.807) is 48.8 Å². The number of imide groups is 1. The molecular weight excluding hydrogens is 378 g/mol. The molecule has 0 aliphatic heterocycles. The molecule has 0 radical (unpaired) electrons. The molecule has 2 heterocycles. The number of hydrogen-bond donors (Lipinski definition) is 2. The Hall–Kier alpha value is -3.20. The summed E-state index contributed by atoms with van der Waals surface area (Å²) in [7, 11) is 0. The average molecular weight is 397 g/mol. The van der Waals surface area contributed by atoms with E-state index in [1.807, 2.05) is 6.92 Å². The van der Waals surface area contributed by atoms with E-state index in [0.29, 0.717) is 28.3 Å².